The molecule has 29 heavy (non-hydrogen) atoms. The molecule has 0 unspecified atom stereocenters. The number of aromatic nitrogens is 3. The van der Waals surface area contributed by atoms with Gasteiger partial charge in [0.2, 0.25) is 5.91 Å². The Labute approximate surface area is 172 Å². The molecule has 4 aromatic rings. The molecule has 2 aromatic carbocycles. The summed E-state index contributed by atoms with van der Waals surface area (Å²) < 4.78 is 5.92. The number of likely N-dealkylation sites (tertiary alicyclic amines) is 1. The van der Waals surface area contributed by atoms with Gasteiger partial charge in [0, 0.05) is 24.4 Å². The summed E-state index contributed by atoms with van der Waals surface area (Å²) in [4.78, 5) is 27.9. The molecule has 1 saturated heterocycles. The summed E-state index contributed by atoms with van der Waals surface area (Å²) in [6.45, 7) is 1.46. The van der Waals surface area contributed by atoms with E-state index in [0.717, 1.165) is 58.9 Å². The first-order chi connectivity index (χ1) is 14.3. The Hall–Kier alpha value is -2.93. The maximum atomic E-state index is 12.7. The molecule has 3 heterocycles. The average Bonchev–Trinajstić information content (AvgIpc) is 3.22. The number of nitrogens with zero attached hydrogens (tertiary/aromatic N) is 4. The van der Waals surface area contributed by atoms with Crippen molar-refractivity contribution in [2.45, 2.75) is 23.8 Å². The van der Waals surface area contributed by atoms with E-state index in [1.165, 1.54) is 11.8 Å². The highest BCUT2D eigenvalue weighted by atomic mass is 32.2. The third-order valence-corrected chi connectivity index (χ3v) is 6.34. The van der Waals surface area contributed by atoms with E-state index in [2.05, 4.69) is 15.0 Å². The molecular formula is C22H20N4O2S. The molecular weight excluding hydrogens is 384 g/mol. The first-order valence-corrected chi connectivity index (χ1v) is 10.7. The van der Waals surface area contributed by atoms with Gasteiger partial charge in [0.1, 0.15) is 16.9 Å². The minimum Gasteiger partial charge on any atom is -0.440 e. The molecule has 2 aromatic heterocycles. The van der Waals surface area contributed by atoms with Crippen LogP contribution in [0.3, 0.4) is 0 Å². The van der Waals surface area contributed by atoms with Gasteiger partial charge in [0.25, 0.3) is 0 Å². The van der Waals surface area contributed by atoms with Crippen molar-refractivity contribution in [2.75, 3.05) is 18.8 Å². The van der Waals surface area contributed by atoms with E-state index < -0.39 is 0 Å². The number of hydrogen-bond donors (Lipinski definition) is 0. The van der Waals surface area contributed by atoms with E-state index in [1.54, 1.807) is 6.33 Å². The molecule has 0 atom stereocenters. The van der Waals surface area contributed by atoms with Gasteiger partial charge in [0.15, 0.2) is 11.5 Å². The quantitative estimate of drug-likeness (QED) is 0.374. The van der Waals surface area contributed by atoms with Crippen LogP contribution in [0.5, 0.6) is 0 Å². The minimum atomic E-state index is 0.147. The molecule has 6 nitrogen and oxygen atoms in total. The Morgan fingerprint density at radius 3 is 2.62 bits per heavy atom. The van der Waals surface area contributed by atoms with Crippen molar-refractivity contribution >= 4 is 39.7 Å². The van der Waals surface area contributed by atoms with Gasteiger partial charge < -0.3 is 9.32 Å². The molecule has 1 aliphatic rings. The second kappa shape index (κ2) is 7.83. The molecule has 0 bridgehead atoms. The highest BCUT2D eigenvalue weighted by Crippen LogP contribution is 2.31. The van der Waals surface area contributed by atoms with Crippen LogP contribution < -0.4 is 0 Å². The van der Waals surface area contributed by atoms with Crippen molar-refractivity contribution in [2.24, 2.45) is 0 Å². The lowest BCUT2D eigenvalue weighted by Gasteiger charge is -2.30. The highest BCUT2D eigenvalue weighted by Gasteiger charge is 2.27. The van der Waals surface area contributed by atoms with Crippen LogP contribution in [0.4, 0.5) is 0 Å². The Morgan fingerprint density at radius 1 is 1.03 bits per heavy atom. The van der Waals surface area contributed by atoms with Crippen molar-refractivity contribution in [3.63, 3.8) is 0 Å². The first-order valence-electron chi connectivity index (χ1n) is 9.74. The normalized spacial score (nSPS) is 15.2. The van der Waals surface area contributed by atoms with Gasteiger partial charge in [-0.1, -0.05) is 42.1 Å². The molecule has 1 fully saturated rings. The number of carbonyl (C=O) groups excluding carboxylic acids is 1. The van der Waals surface area contributed by atoms with Crippen molar-refractivity contribution in [3.8, 4) is 0 Å². The summed E-state index contributed by atoms with van der Waals surface area (Å²) in [7, 11) is 0. The molecule has 1 aliphatic heterocycles. The molecule has 146 valence electrons. The van der Waals surface area contributed by atoms with E-state index in [-0.39, 0.29) is 11.8 Å². The number of amides is 1. The van der Waals surface area contributed by atoms with Crippen molar-refractivity contribution in [1.82, 2.24) is 19.9 Å². The Morgan fingerprint density at radius 2 is 1.79 bits per heavy atom. The number of rotatable bonds is 4. The van der Waals surface area contributed by atoms with Crippen LogP contribution in [-0.4, -0.2) is 44.6 Å². The third-order valence-electron chi connectivity index (χ3n) is 5.35. The number of thioether (sulfide) groups is 1. The lowest BCUT2D eigenvalue weighted by Crippen LogP contribution is -2.39. The van der Waals surface area contributed by atoms with Gasteiger partial charge >= 0.3 is 0 Å². The van der Waals surface area contributed by atoms with Crippen molar-refractivity contribution in [1.29, 1.82) is 0 Å². The van der Waals surface area contributed by atoms with Crippen molar-refractivity contribution < 1.29 is 9.21 Å². The summed E-state index contributed by atoms with van der Waals surface area (Å²) in [6.07, 6.45) is 3.31. The summed E-state index contributed by atoms with van der Waals surface area (Å²) in [6, 6.07) is 15.7. The number of hydrogen-bond acceptors (Lipinski definition) is 6. The zero-order chi connectivity index (χ0) is 19.6. The zero-order valence-corrected chi connectivity index (χ0v) is 16.6. The van der Waals surface area contributed by atoms with Gasteiger partial charge in [-0.3, -0.25) is 4.79 Å². The van der Waals surface area contributed by atoms with E-state index >= 15 is 0 Å². The Balaban J connectivity index is 1.20. The monoisotopic (exact) mass is 404 g/mol. The maximum absolute atomic E-state index is 12.7. The number of para-hydroxylation sites is 3. The smallest absolute Gasteiger partial charge is 0.232 e. The van der Waals surface area contributed by atoms with Crippen LogP contribution in [0, 0.1) is 0 Å². The van der Waals surface area contributed by atoms with Gasteiger partial charge in [-0.05, 0) is 31.0 Å². The van der Waals surface area contributed by atoms with E-state index in [9.17, 15) is 4.79 Å². The van der Waals surface area contributed by atoms with Gasteiger partial charge in [-0.2, -0.15) is 0 Å². The summed E-state index contributed by atoms with van der Waals surface area (Å²) in [5.41, 5.74) is 2.63. The Kier molecular flexibility index (Phi) is 4.89. The predicted molar refractivity (Wildman–Crippen MR) is 113 cm³/mol. The van der Waals surface area contributed by atoms with Crippen LogP contribution in [0.15, 0.2) is 64.3 Å². The number of benzene rings is 2. The number of carbonyl (C=O) groups is 1. The van der Waals surface area contributed by atoms with Crippen LogP contribution >= 0.6 is 11.8 Å². The molecule has 0 saturated carbocycles. The lowest BCUT2D eigenvalue weighted by molar-refractivity contribution is -0.129. The van der Waals surface area contributed by atoms with E-state index in [1.807, 2.05) is 53.4 Å². The molecule has 0 radical (unpaired) electrons. The fourth-order valence-corrected chi connectivity index (χ4v) is 4.65. The topological polar surface area (TPSA) is 72.1 Å². The van der Waals surface area contributed by atoms with Crippen LogP contribution in [0.2, 0.25) is 0 Å². The Bertz CT molecular complexity index is 1130. The summed E-state index contributed by atoms with van der Waals surface area (Å²) in [5, 5.41) is 1.84. The largest absolute Gasteiger partial charge is 0.440 e. The minimum absolute atomic E-state index is 0.147. The number of fused-ring (bicyclic) bond motifs is 2. The second-order valence-corrected chi connectivity index (χ2v) is 8.12. The molecule has 0 aliphatic carbocycles. The fourth-order valence-electron chi connectivity index (χ4n) is 3.76. The number of piperidine rings is 1. The molecule has 5 rings (SSSR count). The standard InChI is InChI=1S/C22H20N4O2S/c27-20(13-29-22-16-5-1-2-6-17(16)23-14-24-22)26-11-9-15(10-12-26)21-25-18-7-3-4-8-19(18)28-21/h1-8,14-15H,9-13H2. The highest BCUT2D eigenvalue weighted by molar-refractivity contribution is 8.00. The first kappa shape index (κ1) is 18.1. The average molecular weight is 404 g/mol. The lowest BCUT2D eigenvalue weighted by atomic mass is 9.97. The van der Waals surface area contributed by atoms with E-state index in [4.69, 9.17) is 4.42 Å². The fraction of sp³-hybridized carbons (Fsp3) is 0.273. The van der Waals surface area contributed by atoms with Crippen LogP contribution in [0.25, 0.3) is 22.0 Å². The van der Waals surface area contributed by atoms with Gasteiger partial charge in [-0.25, -0.2) is 15.0 Å². The summed E-state index contributed by atoms with van der Waals surface area (Å²) in [5.74, 6) is 1.59. The molecule has 0 spiro atoms. The van der Waals surface area contributed by atoms with Gasteiger partial charge in [-0.15, -0.1) is 0 Å². The van der Waals surface area contributed by atoms with Crippen LogP contribution in [-0.2, 0) is 4.79 Å². The van der Waals surface area contributed by atoms with Crippen molar-refractivity contribution in [3.05, 3.63) is 60.7 Å². The molecule has 1 amide bonds. The SMILES string of the molecule is O=C(CSc1ncnc2ccccc12)N1CCC(c2nc3ccccc3o2)CC1. The molecule has 0 N–H and O–H groups in total. The second-order valence-electron chi connectivity index (χ2n) is 7.16. The maximum Gasteiger partial charge on any atom is 0.232 e. The number of oxazole rings is 1. The van der Waals surface area contributed by atoms with E-state index in [0.29, 0.717) is 5.75 Å². The van der Waals surface area contributed by atoms with Crippen LogP contribution in [0.1, 0.15) is 24.7 Å². The summed E-state index contributed by atoms with van der Waals surface area (Å²) >= 11 is 1.48. The third kappa shape index (κ3) is 3.70. The zero-order valence-electron chi connectivity index (χ0n) is 15.8. The van der Waals surface area contributed by atoms with Gasteiger partial charge in [0.05, 0.1) is 11.3 Å². The molecule has 7 heteroatoms. The predicted octanol–water partition coefficient (Wildman–Crippen LogP) is 4.27.